The van der Waals surface area contributed by atoms with E-state index in [9.17, 15) is 4.55 Å². The Labute approximate surface area is 170 Å². The number of aromatic nitrogens is 3. The van der Waals surface area contributed by atoms with Crippen LogP contribution in [-0.2, 0) is 21.7 Å². The highest BCUT2D eigenvalue weighted by Gasteiger charge is 2.20. The number of H-pyrrole nitrogens is 1. The summed E-state index contributed by atoms with van der Waals surface area (Å²) in [5, 5.41) is -0.270. The zero-order valence-corrected chi connectivity index (χ0v) is 13.6. The minimum Gasteiger partial charge on any atom is -0.609 e. The fourth-order valence-corrected chi connectivity index (χ4v) is 2.91. The summed E-state index contributed by atoms with van der Waals surface area (Å²) in [6.45, 7) is -6.18. The van der Waals surface area contributed by atoms with Gasteiger partial charge in [0.1, 0.15) is 5.75 Å². The zero-order valence-electron chi connectivity index (χ0n) is 27.7. The van der Waals surface area contributed by atoms with Crippen molar-refractivity contribution in [2.45, 2.75) is 24.2 Å². The number of nitrogens with zero attached hydrogens (tertiary/aromatic N) is 2. The standard InChI is InChI=1S/C18H21N3O3S/c1-13-16(19-9-8-17(13)24-11-5-10-23-2)12-25(22)18-20-14-6-3-4-7-15(14)21-18/h3-4,6-9H,5,10-12H2,1-2H3,(H,20,21)/i2D3,3D,4D,5D2,6D,7D,8D,9D,10D2,11D2. The highest BCUT2D eigenvalue weighted by Crippen LogP contribution is 2.24. The van der Waals surface area contributed by atoms with Crippen molar-refractivity contribution < 1.29 is 34.6 Å². The molecule has 1 unspecified atom stereocenters. The van der Waals surface area contributed by atoms with Crippen molar-refractivity contribution in [2.24, 2.45) is 0 Å². The summed E-state index contributed by atoms with van der Waals surface area (Å²) in [6.07, 6.45) is -4.57. The Hall–Kier alpha value is -2.09. The number of hydrogen-bond donors (Lipinski definition) is 1. The van der Waals surface area contributed by atoms with Gasteiger partial charge < -0.3 is 14.0 Å². The Balaban J connectivity index is 2.00. The summed E-state index contributed by atoms with van der Waals surface area (Å²) in [5.74, 6) is -1.29. The van der Waals surface area contributed by atoms with Crippen molar-refractivity contribution in [3.05, 3.63) is 47.6 Å². The van der Waals surface area contributed by atoms with Crippen LogP contribution in [0.25, 0.3) is 11.0 Å². The molecule has 0 aliphatic carbocycles. The molecule has 0 radical (unpaired) electrons. The van der Waals surface area contributed by atoms with Crippen molar-refractivity contribution in [1.82, 2.24) is 15.0 Å². The summed E-state index contributed by atoms with van der Waals surface area (Å²) in [6, 6.07) is -2.82. The largest absolute Gasteiger partial charge is 0.609 e. The van der Waals surface area contributed by atoms with Gasteiger partial charge in [0.15, 0.2) is 5.75 Å². The molecule has 25 heavy (non-hydrogen) atoms. The molecule has 3 rings (SSSR count). The van der Waals surface area contributed by atoms with Gasteiger partial charge in [-0.05, 0) is 25.1 Å². The van der Waals surface area contributed by atoms with Crippen molar-refractivity contribution >= 4 is 22.2 Å². The van der Waals surface area contributed by atoms with Crippen molar-refractivity contribution in [1.29, 1.82) is 0 Å². The molecule has 2 aromatic heterocycles. The molecule has 2 heterocycles. The first-order valence-corrected chi connectivity index (χ1v) is 8.04. The molecular formula is C18H21N3O3S. The monoisotopic (exact) mass is 374 g/mol. The number of imidazole rings is 1. The second-order valence-electron chi connectivity index (χ2n) is 4.54. The third-order valence-corrected chi connectivity index (χ3v) is 4.20. The summed E-state index contributed by atoms with van der Waals surface area (Å²) in [7, 11) is -3.44. The number of rotatable bonds is 8. The minimum absolute atomic E-state index is 0.102. The molecule has 0 saturated carbocycles. The Morgan fingerprint density at radius 1 is 1.36 bits per heavy atom. The number of methoxy groups -OCH3 is 1. The maximum absolute atomic E-state index is 13.1. The normalized spacial score (nSPS) is 23.4. The lowest BCUT2D eigenvalue weighted by Gasteiger charge is -2.12. The molecule has 1 N–H and O–H groups in total. The molecule has 0 aliphatic rings. The van der Waals surface area contributed by atoms with E-state index in [4.69, 9.17) is 25.3 Å². The number of nitrogens with one attached hydrogen (secondary N) is 1. The second kappa shape index (κ2) is 8.33. The van der Waals surface area contributed by atoms with Crippen LogP contribution in [0.15, 0.2) is 41.5 Å². The maximum atomic E-state index is 13.1. The van der Waals surface area contributed by atoms with Gasteiger partial charge in [-0.1, -0.05) is 12.1 Å². The quantitative estimate of drug-likeness (QED) is 0.613. The lowest BCUT2D eigenvalue weighted by atomic mass is 10.2. The van der Waals surface area contributed by atoms with E-state index < -0.39 is 85.6 Å². The number of ether oxygens (including phenoxy) is 2. The zero-order chi connectivity index (χ0) is 30.7. The van der Waals surface area contributed by atoms with E-state index in [1.165, 1.54) is 6.92 Å². The summed E-state index contributed by atoms with van der Waals surface area (Å²) >= 11 is -2.12. The van der Waals surface area contributed by atoms with Gasteiger partial charge in [-0.3, -0.25) is 9.97 Å². The molecule has 0 amide bonds. The van der Waals surface area contributed by atoms with Gasteiger partial charge in [-0.25, -0.2) is 0 Å². The molecule has 132 valence electrons. The second-order valence-corrected chi connectivity index (χ2v) is 5.90. The lowest BCUT2D eigenvalue weighted by Crippen LogP contribution is -2.10. The van der Waals surface area contributed by atoms with Crippen molar-refractivity contribution in [3.63, 3.8) is 0 Å². The van der Waals surface area contributed by atoms with Crippen LogP contribution in [-0.4, -0.2) is 39.7 Å². The summed E-state index contributed by atoms with van der Waals surface area (Å²) in [5.41, 5.74) is -0.636. The molecular weight excluding hydrogens is 338 g/mol. The number of fused-ring (bicyclic) bond motifs is 1. The average molecular weight is 375 g/mol. The van der Waals surface area contributed by atoms with Crippen LogP contribution >= 0.6 is 0 Å². The molecule has 3 aromatic rings. The van der Waals surface area contributed by atoms with Gasteiger partial charge >= 0.3 is 5.16 Å². The molecule has 0 spiro atoms. The molecule has 6 nitrogen and oxygen atoms in total. The predicted octanol–water partition coefficient (Wildman–Crippen LogP) is 2.99. The van der Waals surface area contributed by atoms with Crippen LogP contribution in [0, 0.1) is 6.92 Å². The topological polar surface area (TPSA) is 83.1 Å². The van der Waals surface area contributed by atoms with Crippen LogP contribution < -0.4 is 4.74 Å². The summed E-state index contributed by atoms with van der Waals surface area (Å²) < 4.78 is 138. The molecule has 1 atom stereocenters. The Kier molecular flexibility index (Phi) is 2.30. The van der Waals surface area contributed by atoms with Gasteiger partial charge in [0.25, 0.3) is 0 Å². The first-order valence-electron chi connectivity index (χ1n) is 14.2. The highest BCUT2D eigenvalue weighted by atomic mass is 32.2. The molecule has 0 saturated heterocycles. The van der Waals surface area contributed by atoms with Gasteiger partial charge in [-0.15, -0.1) is 0 Å². The fraction of sp³-hybridized carbons (Fsp3) is 0.333. The molecule has 0 aliphatic heterocycles. The Morgan fingerprint density at radius 3 is 3.12 bits per heavy atom. The van der Waals surface area contributed by atoms with E-state index in [2.05, 4.69) is 19.7 Å². The van der Waals surface area contributed by atoms with E-state index >= 15 is 0 Å². The predicted molar refractivity (Wildman–Crippen MR) is 97.2 cm³/mol. The molecule has 0 fully saturated rings. The van der Waals surface area contributed by atoms with Gasteiger partial charge in [0.05, 0.1) is 41.1 Å². The van der Waals surface area contributed by atoms with E-state index in [-0.39, 0.29) is 27.4 Å². The fourth-order valence-electron chi connectivity index (χ4n) is 1.84. The van der Waals surface area contributed by atoms with Crippen molar-refractivity contribution in [3.8, 4) is 5.75 Å². The van der Waals surface area contributed by atoms with Crippen LogP contribution in [0.3, 0.4) is 0 Å². The SMILES string of the molecule is [2H]c1nc(C[S+]([O-])c2nc3c([2H])c([2H])c([2H])c([2H])c3[nH]2)c(C)c(OC([2H])([2H])C([2H])([2H])C([2H])([2H])OC([2H])([2H])[2H])c1[2H]. The first-order chi connectivity index (χ1) is 18.0. The van der Waals surface area contributed by atoms with E-state index in [0.717, 1.165) is 0 Å². The van der Waals surface area contributed by atoms with Crippen LogP contribution in [0.4, 0.5) is 0 Å². The number of hydrogen-bond acceptors (Lipinski definition) is 5. The molecule has 7 heteroatoms. The van der Waals surface area contributed by atoms with E-state index in [1.807, 2.05) is 0 Å². The number of benzene rings is 1. The number of pyridine rings is 1. The number of aromatic amines is 1. The Bertz CT molecular complexity index is 1420. The Morgan fingerprint density at radius 2 is 2.24 bits per heavy atom. The van der Waals surface area contributed by atoms with E-state index in [1.54, 1.807) is 0 Å². The third-order valence-electron chi connectivity index (χ3n) is 3.04. The van der Waals surface area contributed by atoms with Crippen LogP contribution in [0.1, 0.15) is 38.2 Å². The van der Waals surface area contributed by atoms with Gasteiger partial charge in [0.2, 0.25) is 0 Å². The summed E-state index contributed by atoms with van der Waals surface area (Å²) in [4.78, 5) is 10.4. The van der Waals surface area contributed by atoms with E-state index in [0.29, 0.717) is 0 Å². The minimum atomic E-state index is -3.77. The molecule has 1 aromatic carbocycles. The highest BCUT2D eigenvalue weighted by molar-refractivity contribution is 7.90. The average Bonchev–Trinajstić information content (AvgIpc) is 3.27. The lowest BCUT2D eigenvalue weighted by molar-refractivity contribution is 0.172. The van der Waals surface area contributed by atoms with Crippen molar-refractivity contribution in [2.75, 3.05) is 20.2 Å². The van der Waals surface area contributed by atoms with Gasteiger partial charge in [0, 0.05) is 45.6 Å². The number of para-hydroxylation sites is 2. The molecule has 0 bridgehead atoms. The smallest absolute Gasteiger partial charge is 0.322 e. The maximum Gasteiger partial charge on any atom is 0.322 e. The first kappa shape index (κ1) is 6.90. The van der Waals surface area contributed by atoms with Gasteiger partial charge in [-0.2, -0.15) is 4.98 Å². The third kappa shape index (κ3) is 4.31. The van der Waals surface area contributed by atoms with Crippen LogP contribution in [0.2, 0.25) is 0 Å². The van der Waals surface area contributed by atoms with Crippen LogP contribution in [0.5, 0.6) is 5.75 Å².